The molecule has 0 aromatic rings. The number of nitrogens with one attached hydrogen (secondary N) is 2. The average Bonchev–Trinajstić information content (AvgIpc) is 3.52. The number of hydrogen-bond acceptors (Lipinski definition) is 14. The summed E-state index contributed by atoms with van der Waals surface area (Å²) in [6.45, 7) is 3.16. The maximum absolute atomic E-state index is 14.8. The molecule has 6 rings (SSSR count). The summed E-state index contributed by atoms with van der Waals surface area (Å²) in [5.74, 6) is -10.3. The molecule has 3 saturated carbocycles. The normalized spacial score (nSPS) is 45.3. The van der Waals surface area contributed by atoms with Gasteiger partial charge in [-0.25, -0.2) is 0 Å². The Balaban J connectivity index is 1.29. The van der Waals surface area contributed by atoms with E-state index >= 15 is 0 Å². The molecular weight excluding hydrogens is 760 g/mol. The number of rotatable bonds is 12. The van der Waals surface area contributed by atoms with Crippen LogP contribution >= 0.6 is 0 Å². The van der Waals surface area contributed by atoms with Gasteiger partial charge in [0.25, 0.3) is 11.8 Å². The number of fused-ring (bicyclic) bond motifs is 2. The number of methoxy groups -OCH3 is 1. The number of ketones is 2. The first kappa shape index (κ1) is 44.6. The van der Waals surface area contributed by atoms with Crippen LogP contribution in [0.1, 0.15) is 52.4 Å². The van der Waals surface area contributed by atoms with Gasteiger partial charge in [-0.3, -0.25) is 45.9 Å². The number of imide groups is 1. The number of piperidine rings is 1. The van der Waals surface area contributed by atoms with Crippen LogP contribution in [0.2, 0.25) is 0 Å². The molecule has 0 aromatic carbocycles. The first-order chi connectivity index (χ1) is 27.4. The third-order valence-electron chi connectivity index (χ3n) is 14.5. The van der Waals surface area contributed by atoms with Crippen LogP contribution in [-0.4, -0.2) is 160 Å². The van der Waals surface area contributed by atoms with Crippen LogP contribution in [0.3, 0.4) is 0 Å². The fraction of sp³-hybridized carbons (Fsp3) is 0.821. The predicted octanol–water partition coefficient (Wildman–Crippen LogP) is -6.26. The summed E-state index contributed by atoms with van der Waals surface area (Å²) in [4.78, 5) is 58.4. The second kappa shape index (κ2) is 17.6. The van der Waals surface area contributed by atoms with Crippen molar-refractivity contribution in [2.45, 2.75) is 107 Å². The zero-order chi connectivity index (χ0) is 42.4. The van der Waals surface area contributed by atoms with Crippen molar-refractivity contribution in [3.63, 3.8) is 0 Å². The van der Waals surface area contributed by atoms with E-state index in [0.29, 0.717) is 32.2 Å². The minimum Gasteiger partial charge on any atom is -0.392 e. The number of amides is 2. The number of ether oxygens (including phenoxy) is 3. The SMILES string of the molecule is CCC1C(OC)CC(O[C@H]2O[C@](O)(CO)[C@](O)(C[C@H](CN3C(=O)C=CC3=O)C3CC[NH2+]C(N)C3)[C@H](O)[C@H]2O)C2C(=O)C3C(CC(C)C(CNC(N)=[NH+]C)C3O)C(=O)C12. The van der Waals surface area contributed by atoms with Gasteiger partial charge in [0.15, 0.2) is 6.29 Å². The second-order valence-corrected chi connectivity index (χ2v) is 17.5. The zero-order valence-corrected chi connectivity index (χ0v) is 33.7. The van der Waals surface area contributed by atoms with Crippen molar-refractivity contribution in [2.75, 3.05) is 40.4 Å². The highest BCUT2D eigenvalue weighted by Crippen LogP contribution is 2.53. The third-order valence-corrected chi connectivity index (χ3v) is 14.5. The van der Waals surface area contributed by atoms with E-state index in [1.54, 1.807) is 7.05 Å². The van der Waals surface area contributed by atoms with Crippen LogP contribution < -0.4 is 27.1 Å². The number of quaternary nitrogens is 1. The van der Waals surface area contributed by atoms with Gasteiger partial charge in [-0.05, 0) is 42.9 Å². The summed E-state index contributed by atoms with van der Waals surface area (Å²) < 4.78 is 18.0. The maximum Gasteiger partial charge on any atom is 0.340 e. The molecule has 3 heterocycles. The van der Waals surface area contributed by atoms with Gasteiger partial charge in [0.1, 0.15) is 42.1 Å². The Kier molecular flexibility index (Phi) is 13.5. The van der Waals surface area contributed by atoms with Crippen molar-refractivity contribution in [1.82, 2.24) is 10.2 Å². The lowest BCUT2D eigenvalue weighted by molar-refractivity contribution is -0.699. The fourth-order valence-electron chi connectivity index (χ4n) is 11.2. The molecule has 326 valence electrons. The molecular formula is C39H64N6O13+2. The van der Waals surface area contributed by atoms with Crippen LogP contribution in [0.25, 0.3) is 0 Å². The molecule has 14 N–H and O–H groups in total. The van der Waals surface area contributed by atoms with Gasteiger partial charge in [0.05, 0.1) is 50.3 Å². The number of Topliss-reactive ketones (excluding diaryl/α,β-unsaturated/α-hetero) is 2. The van der Waals surface area contributed by atoms with Gasteiger partial charge < -0.3 is 50.2 Å². The van der Waals surface area contributed by atoms with Crippen LogP contribution in [0.4, 0.5) is 0 Å². The Morgan fingerprint density at radius 2 is 1.72 bits per heavy atom. The van der Waals surface area contributed by atoms with E-state index in [1.807, 2.05) is 19.2 Å². The zero-order valence-electron chi connectivity index (χ0n) is 33.7. The first-order valence-electron chi connectivity index (χ1n) is 20.6. The Morgan fingerprint density at radius 3 is 2.33 bits per heavy atom. The van der Waals surface area contributed by atoms with Crippen molar-refractivity contribution in [3.05, 3.63) is 12.2 Å². The van der Waals surface area contributed by atoms with Gasteiger partial charge in [0, 0.05) is 56.4 Å². The average molecular weight is 825 g/mol. The number of aliphatic hydroxyl groups excluding tert-OH is 4. The van der Waals surface area contributed by atoms with Gasteiger partial charge in [-0.2, -0.15) is 0 Å². The third kappa shape index (κ3) is 7.88. The van der Waals surface area contributed by atoms with E-state index in [1.165, 1.54) is 7.11 Å². The predicted molar refractivity (Wildman–Crippen MR) is 201 cm³/mol. The number of carbonyl (C=O) groups excluding carboxylic acids is 4. The van der Waals surface area contributed by atoms with Gasteiger partial charge in [-0.15, -0.1) is 0 Å². The molecule has 5 fully saturated rings. The Morgan fingerprint density at radius 1 is 1.03 bits per heavy atom. The van der Waals surface area contributed by atoms with Crippen molar-refractivity contribution < 1.29 is 74.3 Å². The summed E-state index contributed by atoms with van der Waals surface area (Å²) in [5.41, 5.74) is 9.38. The second-order valence-electron chi connectivity index (χ2n) is 17.5. The molecule has 0 aromatic heterocycles. The molecule has 3 aliphatic carbocycles. The number of nitrogens with zero attached hydrogens (tertiary/aromatic N) is 1. The molecule has 19 nitrogen and oxygen atoms in total. The van der Waals surface area contributed by atoms with Crippen molar-refractivity contribution in [2.24, 2.45) is 64.7 Å². The Bertz CT molecular complexity index is 1600. The Labute approximate surface area is 337 Å². The minimum absolute atomic E-state index is 0.0369. The van der Waals surface area contributed by atoms with Gasteiger partial charge in [0.2, 0.25) is 5.79 Å². The van der Waals surface area contributed by atoms with Crippen LogP contribution in [-0.2, 0) is 33.4 Å². The smallest absolute Gasteiger partial charge is 0.340 e. The standard InChI is InChI=1S/C39H62N6O13/c1-5-20-23(56-4)12-24(30-28(20)31(49)21-10-17(2)22(14-44-37(41)42-3)32(50)29(21)33(30)51)57-36-34(52)35(53)38(54,39(55,16-46)58-36)13-19(18-8-9-43-25(40)11-18)15-45-26(47)6-7-27(45)48/h6-7,17-25,28-30,32,34-36,43,46,50,52-55H,5,8-16,40H2,1-4H3,(H3,41,42,44)/p+2/t17?,18?,19-,20?,21?,22?,23?,24?,25?,28?,29?,30?,32?,34-,35-,36+,38+,39-/m1/s1. The summed E-state index contributed by atoms with van der Waals surface area (Å²) in [5, 5.41) is 75.0. The maximum atomic E-state index is 14.8. The quantitative estimate of drug-likeness (QED) is 0.0496. The highest BCUT2D eigenvalue weighted by atomic mass is 16.8. The van der Waals surface area contributed by atoms with Crippen molar-refractivity contribution in [1.29, 1.82) is 0 Å². The highest BCUT2D eigenvalue weighted by molar-refractivity contribution is 6.12. The molecule has 6 aliphatic rings. The number of carbonyl (C=O) groups is 4. The topological polar surface area (TPSA) is 315 Å². The van der Waals surface area contributed by atoms with E-state index in [-0.39, 0.29) is 49.3 Å². The molecule has 12 unspecified atom stereocenters. The van der Waals surface area contributed by atoms with E-state index in [9.17, 15) is 49.8 Å². The molecule has 0 bridgehead atoms. The monoisotopic (exact) mass is 824 g/mol. The van der Waals surface area contributed by atoms with E-state index in [4.69, 9.17) is 25.7 Å². The number of guanidine groups is 1. The lowest BCUT2D eigenvalue weighted by atomic mass is 9.51. The van der Waals surface area contributed by atoms with E-state index < -0.39 is 120 Å². The summed E-state index contributed by atoms with van der Waals surface area (Å²) >= 11 is 0. The largest absolute Gasteiger partial charge is 0.392 e. The molecule has 0 spiro atoms. The van der Waals surface area contributed by atoms with Crippen LogP contribution in [0, 0.1) is 53.3 Å². The number of nitrogens with two attached hydrogens (primary N) is 3. The molecule has 58 heavy (non-hydrogen) atoms. The van der Waals surface area contributed by atoms with Crippen molar-refractivity contribution >= 4 is 29.3 Å². The first-order valence-corrected chi connectivity index (χ1v) is 20.6. The lowest BCUT2D eigenvalue weighted by Gasteiger charge is -2.56. The molecule has 19 heteroatoms. The minimum atomic E-state index is -2.98. The lowest BCUT2D eigenvalue weighted by Crippen LogP contribution is -2.94. The number of hydrogen-bond donors (Lipinski definition) is 11. The summed E-state index contributed by atoms with van der Waals surface area (Å²) in [7, 11) is 3.12. The summed E-state index contributed by atoms with van der Waals surface area (Å²) in [6, 6.07) is 0. The van der Waals surface area contributed by atoms with E-state index in [2.05, 4.69) is 10.3 Å². The summed E-state index contributed by atoms with van der Waals surface area (Å²) in [6.07, 6.45) is -6.04. The molecule has 3 aliphatic heterocycles. The number of aliphatic hydroxyl groups is 6. The van der Waals surface area contributed by atoms with Gasteiger partial charge in [-0.1, -0.05) is 20.3 Å². The Hall–Kier alpha value is -2.95. The molecule has 2 saturated heterocycles. The van der Waals surface area contributed by atoms with Crippen LogP contribution in [0.5, 0.6) is 0 Å². The molecule has 2 amide bonds. The van der Waals surface area contributed by atoms with E-state index in [0.717, 1.165) is 17.1 Å². The fourth-order valence-corrected chi connectivity index (χ4v) is 11.2. The van der Waals surface area contributed by atoms with Crippen molar-refractivity contribution in [3.8, 4) is 0 Å². The van der Waals surface area contributed by atoms with Gasteiger partial charge >= 0.3 is 5.96 Å². The molecule has 18 atom stereocenters. The van der Waals surface area contributed by atoms with Crippen LogP contribution in [0.15, 0.2) is 12.2 Å². The highest BCUT2D eigenvalue weighted by Gasteiger charge is 2.67. The molecule has 0 radical (unpaired) electrons.